The number of carboxylic acid groups (broad SMARTS) is 1. The SMILES string of the molecule is CCCCC(Oc1ccccc1OCC)C(=O)O. The molecule has 0 aliphatic heterocycles. The number of aliphatic carboxylic acids is 1. The molecule has 1 unspecified atom stereocenters. The second-order valence-electron chi connectivity index (χ2n) is 3.97. The normalized spacial score (nSPS) is 11.9. The van der Waals surface area contributed by atoms with E-state index in [9.17, 15) is 4.79 Å². The predicted molar refractivity (Wildman–Crippen MR) is 69.2 cm³/mol. The van der Waals surface area contributed by atoms with Gasteiger partial charge in [0.2, 0.25) is 0 Å². The molecule has 1 rings (SSSR count). The number of carbonyl (C=O) groups is 1. The van der Waals surface area contributed by atoms with Gasteiger partial charge in [-0.2, -0.15) is 0 Å². The Morgan fingerprint density at radius 1 is 1.28 bits per heavy atom. The number of hydrogen-bond donors (Lipinski definition) is 1. The molecule has 0 aliphatic carbocycles. The van der Waals surface area contributed by atoms with Crippen LogP contribution in [0.15, 0.2) is 24.3 Å². The number of carboxylic acids is 1. The van der Waals surface area contributed by atoms with Crippen LogP contribution in [0.2, 0.25) is 0 Å². The number of hydrogen-bond acceptors (Lipinski definition) is 3. The van der Waals surface area contributed by atoms with E-state index >= 15 is 0 Å². The summed E-state index contributed by atoms with van der Waals surface area (Å²) in [5.41, 5.74) is 0. The summed E-state index contributed by atoms with van der Waals surface area (Å²) in [6, 6.07) is 7.14. The Morgan fingerprint density at radius 3 is 2.50 bits per heavy atom. The first-order chi connectivity index (χ1) is 8.69. The van der Waals surface area contributed by atoms with E-state index in [0.29, 0.717) is 24.5 Å². The van der Waals surface area contributed by atoms with E-state index < -0.39 is 12.1 Å². The van der Waals surface area contributed by atoms with Gasteiger partial charge in [-0.15, -0.1) is 0 Å². The molecule has 0 spiro atoms. The standard InChI is InChI=1S/C14H20O4/c1-3-5-8-13(14(15)16)18-12-10-7-6-9-11(12)17-4-2/h6-7,9-10,13H,3-5,8H2,1-2H3,(H,15,16). The molecule has 0 bridgehead atoms. The van der Waals surface area contributed by atoms with Crippen LogP contribution in [0.5, 0.6) is 11.5 Å². The van der Waals surface area contributed by atoms with Crippen molar-refractivity contribution in [3.05, 3.63) is 24.3 Å². The average Bonchev–Trinajstić information content (AvgIpc) is 2.36. The Kier molecular flexibility index (Phi) is 6.05. The second-order valence-corrected chi connectivity index (χ2v) is 3.97. The average molecular weight is 252 g/mol. The summed E-state index contributed by atoms with van der Waals surface area (Å²) in [7, 11) is 0. The summed E-state index contributed by atoms with van der Waals surface area (Å²) >= 11 is 0. The van der Waals surface area contributed by atoms with Gasteiger partial charge in [0.1, 0.15) is 0 Å². The molecule has 1 aromatic carbocycles. The molecule has 0 amide bonds. The highest BCUT2D eigenvalue weighted by Crippen LogP contribution is 2.28. The molecule has 0 fully saturated rings. The third-order valence-electron chi connectivity index (χ3n) is 2.51. The topological polar surface area (TPSA) is 55.8 Å². The van der Waals surface area contributed by atoms with Gasteiger partial charge < -0.3 is 14.6 Å². The van der Waals surface area contributed by atoms with Gasteiger partial charge in [0, 0.05) is 0 Å². The lowest BCUT2D eigenvalue weighted by Gasteiger charge is -2.17. The van der Waals surface area contributed by atoms with Crippen LogP contribution in [0.25, 0.3) is 0 Å². The molecule has 0 heterocycles. The molecule has 1 aromatic rings. The van der Waals surface area contributed by atoms with Crippen LogP contribution in [0.1, 0.15) is 33.1 Å². The minimum atomic E-state index is -0.935. The summed E-state index contributed by atoms with van der Waals surface area (Å²) < 4.78 is 10.9. The van der Waals surface area contributed by atoms with Crippen molar-refractivity contribution in [2.45, 2.75) is 39.2 Å². The molecular formula is C14H20O4. The number of rotatable bonds is 8. The summed E-state index contributed by atoms with van der Waals surface area (Å²) in [5, 5.41) is 9.12. The van der Waals surface area contributed by atoms with Crippen molar-refractivity contribution >= 4 is 5.97 Å². The van der Waals surface area contributed by atoms with E-state index in [1.54, 1.807) is 18.2 Å². The van der Waals surface area contributed by atoms with Crippen LogP contribution < -0.4 is 9.47 Å². The first kappa shape index (κ1) is 14.4. The lowest BCUT2D eigenvalue weighted by atomic mass is 10.1. The zero-order chi connectivity index (χ0) is 13.4. The van der Waals surface area contributed by atoms with Crippen molar-refractivity contribution in [1.82, 2.24) is 0 Å². The summed E-state index contributed by atoms with van der Waals surface area (Å²) in [4.78, 5) is 11.1. The van der Waals surface area contributed by atoms with E-state index in [0.717, 1.165) is 12.8 Å². The lowest BCUT2D eigenvalue weighted by Crippen LogP contribution is -2.27. The molecule has 100 valence electrons. The van der Waals surface area contributed by atoms with Crippen molar-refractivity contribution in [3.63, 3.8) is 0 Å². The molecule has 4 nitrogen and oxygen atoms in total. The maximum absolute atomic E-state index is 11.1. The molecule has 18 heavy (non-hydrogen) atoms. The van der Waals surface area contributed by atoms with Gasteiger partial charge in [-0.3, -0.25) is 0 Å². The fraction of sp³-hybridized carbons (Fsp3) is 0.500. The Hall–Kier alpha value is -1.71. The third-order valence-corrected chi connectivity index (χ3v) is 2.51. The van der Waals surface area contributed by atoms with E-state index in [2.05, 4.69) is 0 Å². The van der Waals surface area contributed by atoms with Crippen LogP contribution >= 0.6 is 0 Å². The molecule has 1 atom stereocenters. The maximum atomic E-state index is 11.1. The van der Waals surface area contributed by atoms with Crippen LogP contribution in [-0.2, 0) is 4.79 Å². The Bertz CT molecular complexity index is 376. The highest BCUT2D eigenvalue weighted by molar-refractivity contribution is 5.72. The van der Waals surface area contributed by atoms with Gasteiger partial charge in [-0.25, -0.2) is 4.79 Å². The largest absolute Gasteiger partial charge is 0.490 e. The number of benzene rings is 1. The van der Waals surface area contributed by atoms with Crippen molar-refractivity contribution in [3.8, 4) is 11.5 Å². The van der Waals surface area contributed by atoms with Crippen molar-refractivity contribution in [1.29, 1.82) is 0 Å². The summed E-state index contributed by atoms with van der Waals surface area (Å²) in [6.45, 7) is 4.42. The van der Waals surface area contributed by atoms with E-state index in [-0.39, 0.29) is 0 Å². The minimum absolute atomic E-state index is 0.489. The summed E-state index contributed by atoms with van der Waals surface area (Å²) in [6.07, 6.45) is 1.46. The quantitative estimate of drug-likeness (QED) is 0.772. The van der Waals surface area contributed by atoms with Gasteiger partial charge >= 0.3 is 5.97 Å². The molecule has 4 heteroatoms. The van der Waals surface area contributed by atoms with Crippen LogP contribution in [0, 0.1) is 0 Å². The van der Waals surface area contributed by atoms with Gasteiger partial charge in [-0.1, -0.05) is 25.5 Å². The van der Waals surface area contributed by atoms with Gasteiger partial charge in [0.25, 0.3) is 0 Å². The second kappa shape index (κ2) is 7.58. The zero-order valence-electron chi connectivity index (χ0n) is 10.9. The molecule has 0 saturated heterocycles. The third kappa shape index (κ3) is 4.28. The van der Waals surface area contributed by atoms with Crippen molar-refractivity contribution < 1.29 is 19.4 Å². The highest BCUT2D eigenvalue weighted by atomic mass is 16.5. The fourth-order valence-electron chi connectivity index (χ4n) is 1.60. The molecule has 0 radical (unpaired) electrons. The smallest absolute Gasteiger partial charge is 0.344 e. The number of unbranched alkanes of at least 4 members (excludes halogenated alkanes) is 1. The van der Waals surface area contributed by atoms with Gasteiger partial charge in [0.05, 0.1) is 6.61 Å². The first-order valence-corrected chi connectivity index (χ1v) is 6.30. The van der Waals surface area contributed by atoms with Crippen LogP contribution in [0.3, 0.4) is 0 Å². The van der Waals surface area contributed by atoms with E-state index in [1.807, 2.05) is 19.9 Å². The predicted octanol–water partition coefficient (Wildman–Crippen LogP) is 3.11. The number of ether oxygens (including phenoxy) is 2. The Labute approximate surface area is 108 Å². The molecule has 0 aliphatic rings. The minimum Gasteiger partial charge on any atom is -0.490 e. The van der Waals surface area contributed by atoms with E-state index in [4.69, 9.17) is 14.6 Å². The van der Waals surface area contributed by atoms with Gasteiger partial charge in [0.15, 0.2) is 17.6 Å². The number of para-hydroxylation sites is 2. The zero-order valence-corrected chi connectivity index (χ0v) is 10.9. The van der Waals surface area contributed by atoms with Crippen LogP contribution in [0.4, 0.5) is 0 Å². The molecule has 1 N–H and O–H groups in total. The Morgan fingerprint density at radius 2 is 1.94 bits per heavy atom. The van der Waals surface area contributed by atoms with Gasteiger partial charge in [-0.05, 0) is 31.9 Å². The Balaban J connectivity index is 2.76. The molecular weight excluding hydrogens is 232 g/mol. The lowest BCUT2D eigenvalue weighted by molar-refractivity contribution is -0.145. The molecule has 0 aromatic heterocycles. The highest BCUT2D eigenvalue weighted by Gasteiger charge is 2.20. The van der Waals surface area contributed by atoms with Crippen molar-refractivity contribution in [2.24, 2.45) is 0 Å². The monoisotopic (exact) mass is 252 g/mol. The van der Waals surface area contributed by atoms with Crippen molar-refractivity contribution in [2.75, 3.05) is 6.61 Å². The molecule has 0 saturated carbocycles. The fourth-order valence-corrected chi connectivity index (χ4v) is 1.60. The summed E-state index contributed by atoms with van der Waals surface area (Å²) in [5.74, 6) is 0.139. The maximum Gasteiger partial charge on any atom is 0.344 e. The van der Waals surface area contributed by atoms with E-state index in [1.165, 1.54) is 0 Å². The van der Waals surface area contributed by atoms with Crippen LogP contribution in [-0.4, -0.2) is 23.8 Å². The first-order valence-electron chi connectivity index (χ1n) is 6.30.